The first-order chi connectivity index (χ1) is 17.5. The zero-order valence-electron chi connectivity index (χ0n) is 19.0. The molecule has 3 aromatic carbocycles. The number of amides is 1. The number of nitro groups is 1. The van der Waals surface area contributed by atoms with Gasteiger partial charge in [0.05, 0.1) is 15.5 Å². The molecule has 1 aliphatic heterocycles. The molecule has 0 spiro atoms. The largest absolute Gasteiger partial charge is 0.293 e. The molecule has 0 unspecified atom stereocenters. The molecule has 0 bridgehead atoms. The number of carbonyl (C=O) groups is 1. The molecule has 36 heavy (non-hydrogen) atoms. The summed E-state index contributed by atoms with van der Waals surface area (Å²) in [5, 5.41) is 16.1. The molecule has 1 aromatic heterocycles. The first-order valence-corrected chi connectivity index (χ1v) is 12.4. The van der Waals surface area contributed by atoms with Crippen LogP contribution in [-0.2, 0) is 11.2 Å². The van der Waals surface area contributed by atoms with Crippen molar-refractivity contribution < 1.29 is 9.72 Å². The van der Waals surface area contributed by atoms with Crippen LogP contribution in [0.25, 0.3) is 23.0 Å². The first kappa shape index (κ1) is 23.7. The van der Waals surface area contributed by atoms with Crippen LogP contribution in [0.1, 0.15) is 11.1 Å². The van der Waals surface area contributed by atoms with E-state index in [-0.39, 0.29) is 11.6 Å². The third-order valence-electron chi connectivity index (χ3n) is 5.72. The number of nitrogens with zero attached hydrogens (tertiary/aromatic N) is 4. The molecule has 1 amide bonds. The number of para-hydroxylation sites is 1. The monoisotopic (exact) mass is 512 g/mol. The minimum atomic E-state index is -0.435. The van der Waals surface area contributed by atoms with E-state index in [1.165, 1.54) is 23.9 Å². The lowest BCUT2D eigenvalue weighted by Gasteiger charge is -2.14. The van der Waals surface area contributed by atoms with Crippen molar-refractivity contribution in [1.29, 1.82) is 0 Å². The van der Waals surface area contributed by atoms with Gasteiger partial charge in [0.25, 0.3) is 11.6 Å². The number of non-ortho nitro benzene ring substituents is 1. The normalized spacial score (nSPS) is 14.6. The number of hydrogen-bond donors (Lipinski definition) is 0. The topological polar surface area (TPSA) is 81.3 Å². The molecule has 5 rings (SSSR count). The molecule has 0 aliphatic carbocycles. The van der Waals surface area contributed by atoms with Gasteiger partial charge in [0.1, 0.15) is 10.0 Å². The molecule has 9 heteroatoms. The SMILES string of the molecule is O=C1/C(=C\c2cn(-c3ccccc3)nc2-c2cccc([N+](=O)[O-])c2)SC(=S)N1CCc1ccccc1. The Morgan fingerprint density at radius 1 is 1.00 bits per heavy atom. The Morgan fingerprint density at radius 3 is 2.44 bits per heavy atom. The average molecular weight is 513 g/mol. The number of hydrogen-bond acceptors (Lipinski definition) is 6. The van der Waals surface area contributed by atoms with E-state index in [2.05, 4.69) is 0 Å². The summed E-state index contributed by atoms with van der Waals surface area (Å²) in [6.45, 7) is 0.493. The molecule has 1 aliphatic rings. The number of thioether (sulfide) groups is 1. The van der Waals surface area contributed by atoms with Gasteiger partial charge in [0, 0.05) is 36.0 Å². The summed E-state index contributed by atoms with van der Waals surface area (Å²) >= 11 is 6.76. The van der Waals surface area contributed by atoms with Crippen molar-refractivity contribution in [3.63, 3.8) is 0 Å². The number of benzene rings is 3. The summed E-state index contributed by atoms with van der Waals surface area (Å²) in [7, 11) is 0. The van der Waals surface area contributed by atoms with E-state index < -0.39 is 4.92 Å². The van der Waals surface area contributed by atoms with Crippen LogP contribution in [0.4, 0.5) is 5.69 Å². The van der Waals surface area contributed by atoms with Gasteiger partial charge in [-0.1, -0.05) is 84.6 Å². The van der Waals surface area contributed by atoms with Gasteiger partial charge < -0.3 is 0 Å². The van der Waals surface area contributed by atoms with Crippen molar-refractivity contribution in [3.05, 3.63) is 117 Å². The highest BCUT2D eigenvalue weighted by atomic mass is 32.2. The zero-order chi connectivity index (χ0) is 25.1. The smallest absolute Gasteiger partial charge is 0.270 e. The third kappa shape index (κ3) is 4.98. The van der Waals surface area contributed by atoms with Crippen LogP contribution in [-0.4, -0.2) is 36.4 Å². The van der Waals surface area contributed by atoms with Gasteiger partial charge in [-0.15, -0.1) is 0 Å². The summed E-state index contributed by atoms with van der Waals surface area (Å²) in [6, 6.07) is 25.8. The van der Waals surface area contributed by atoms with Gasteiger partial charge in [0.15, 0.2) is 0 Å². The highest BCUT2D eigenvalue weighted by Gasteiger charge is 2.32. The van der Waals surface area contributed by atoms with Crippen LogP contribution in [0.15, 0.2) is 96.0 Å². The fourth-order valence-electron chi connectivity index (χ4n) is 3.92. The number of thiocarbonyl (C=S) groups is 1. The molecule has 4 aromatic rings. The van der Waals surface area contributed by atoms with Crippen molar-refractivity contribution in [1.82, 2.24) is 14.7 Å². The molecule has 1 saturated heterocycles. The molecule has 178 valence electrons. The lowest BCUT2D eigenvalue weighted by Crippen LogP contribution is -2.30. The Bertz CT molecular complexity index is 1480. The summed E-state index contributed by atoms with van der Waals surface area (Å²) < 4.78 is 2.21. The van der Waals surface area contributed by atoms with Gasteiger partial charge in [-0.2, -0.15) is 5.10 Å². The maximum Gasteiger partial charge on any atom is 0.270 e. The summed E-state index contributed by atoms with van der Waals surface area (Å²) in [4.78, 5) is 26.3. The number of carbonyl (C=O) groups excluding carboxylic acids is 1. The quantitative estimate of drug-likeness (QED) is 0.133. The van der Waals surface area contributed by atoms with Crippen molar-refractivity contribution >= 4 is 46.0 Å². The van der Waals surface area contributed by atoms with Crippen LogP contribution in [0.2, 0.25) is 0 Å². The van der Waals surface area contributed by atoms with E-state index in [0.717, 1.165) is 11.3 Å². The Balaban J connectivity index is 1.50. The summed E-state index contributed by atoms with van der Waals surface area (Å²) in [5.41, 5.74) is 3.73. The van der Waals surface area contributed by atoms with E-state index in [1.807, 2.05) is 66.9 Å². The highest BCUT2D eigenvalue weighted by Crippen LogP contribution is 2.35. The van der Waals surface area contributed by atoms with Crippen LogP contribution < -0.4 is 0 Å². The maximum absolute atomic E-state index is 13.2. The van der Waals surface area contributed by atoms with Gasteiger partial charge in [-0.25, -0.2) is 4.68 Å². The van der Waals surface area contributed by atoms with Crippen molar-refractivity contribution in [3.8, 4) is 16.9 Å². The average Bonchev–Trinajstić information content (AvgIpc) is 3.44. The van der Waals surface area contributed by atoms with Gasteiger partial charge in [-0.05, 0) is 30.2 Å². The second-order valence-corrected chi connectivity index (χ2v) is 9.77. The molecule has 0 radical (unpaired) electrons. The zero-order valence-corrected chi connectivity index (χ0v) is 20.6. The predicted molar refractivity (Wildman–Crippen MR) is 146 cm³/mol. The highest BCUT2D eigenvalue weighted by molar-refractivity contribution is 8.26. The van der Waals surface area contributed by atoms with E-state index in [1.54, 1.807) is 27.8 Å². The minimum absolute atomic E-state index is 0.0278. The van der Waals surface area contributed by atoms with Crippen LogP contribution >= 0.6 is 24.0 Å². The van der Waals surface area contributed by atoms with Crippen LogP contribution in [0.5, 0.6) is 0 Å². The standard InChI is InChI=1S/C27H20N4O3S2/c32-26-24(36-27(35)29(26)15-14-19-8-3-1-4-9-19)17-21-18-30(22-11-5-2-6-12-22)28-25(21)20-10-7-13-23(16-20)31(33)34/h1-13,16-18H,14-15H2/b24-17+. The van der Waals surface area contributed by atoms with E-state index in [9.17, 15) is 14.9 Å². The molecule has 1 fully saturated rings. The molecule has 7 nitrogen and oxygen atoms in total. The summed E-state index contributed by atoms with van der Waals surface area (Å²) in [6.07, 6.45) is 4.29. The van der Waals surface area contributed by atoms with Crippen molar-refractivity contribution in [2.45, 2.75) is 6.42 Å². The predicted octanol–water partition coefficient (Wildman–Crippen LogP) is 5.89. The van der Waals surface area contributed by atoms with Crippen molar-refractivity contribution in [2.75, 3.05) is 6.54 Å². The Kier molecular flexibility index (Phi) is 6.75. The maximum atomic E-state index is 13.2. The van der Waals surface area contributed by atoms with Gasteiger partial charge in [-0.3, -0.25) is 19.8 Å². The third-order valence-corrected chi connectivity index (χ3v) is 7.10. The van der Waals surface area contributed by atoms with Crippen LogP contribution in [0, 0.1) is 10.1 Å². The molecular formula is C27H20N4O3S2. The lowest BCUT2D eigenvalue weighted by atomic mass is 10.1. The second-order valence-electron chi connectivity index (χ2n) is 8.09. The number of aromatic nitrogens is 2. The molecule has 0 atom stereocenters. The Hall–Kier alpha value is -4.08. The van der Waals surface area contributed by atoms with Crippen LogP contribution in [0.3, 0.4) is 0 Å². The molecular weight excluding hydrogens is 492 g/mol. The Morgan fingerprint density at radius 2 is 1.72 bits per heavy atom. The molecule has 2 heterocycles. The van der Waals surface area contributed by atoms with E-state index >= 15 is 0 Å². The first-order valence-electron chi connectivity index (χ1n) is 11.2. The minimum Gasteiger partial charge on any atom is -0.293 e. The fraction of sp³-hybridized carbons (Fsp3) is 0.0741. The summed E-state index contributed by atoms with van der Waals surface area (Å²) in [5.74, 6) is -0.154. The second kappa shape index (κ2) is 10.3. The molecule has 0 saturated carbocycles. The van der Waals surface area contributed by atoms with E-state index in [0.29, 0.717) is 39.0 Å². The lowest BCUT2D eigenvalue weighted by molar-refractivity contribution is -0.384. The number of nitro benzene ring substituents is 1. The van der Waals surface area contributed by atoms with Crippen molar-refractivity contribution in [2.24, 2.45) is 0 Å². The van der Waals surface area contributed by atoms with Gasteiger partial charge in [0.2, 0.25) is 0 Å². The Labute approximate surface area is 217 Å². The van der Waals surface area contributed by atoms with E-state index in [4.69, 9.17) is 17.3 Å². The molecule has 0 N–H and O–H groups in total. The van der Waals surface area contributed by atoms with Gasteiger partial charge >= 0.3 is 0 Å². The number of rotatable bonds is 7. The fourth-order valence-corrected chi connectivity index (χ4v) is 5.22.